The SMILES string of the molecule is O=C(c1ccc(-c2ccc3nccc(Cl)c3c2)c(F)c1)N1CC2(CCOCC2)C1. The average Bonchev–Trinajstić information content (AvgIpc) is 2.72. The number of aromatic nitrogens is 1. The van der Waals surface area contributed by atoms with Crippen LogP contribution in [0, 0.1) is 11.2 Å². The lowest BCUT2D eigenvalue weighted by Crippen LogP contribution is -2.60. The Morgan fingerprint density at radius 1 is 1.10 bits per heavy atom. The van der Waals surface area contributed by atoms with Crippen LogP contribution in [0.1, 0.15) is 23.2 Å². The molecule has 0 atom stereocenters. The van der Waals surface area contributed by atoms with Crippen molar-refractivity contribution in [1.82, 2.24) is 9.88 Å². The molecular weight excluding hydrogens is 391 g/mol. The number of hydrogen-bond donors (Lipinski definition) is 0. The number of nitrogens with zero attached hydrogens (tertiary/aromatic N) is 2. The zero-order valence-corrected chi connectivity index (χ0v) is 16.6. The summed E-state index contributed by atoms with van der Waals surface area (Å²) in [7, 11) is 0. The predicted molar refractivity (Wildman–Crippen MR) is 111 cm³/mol. The topological polar surface area (TPSA) is 42.4 Å². The second-order valence-electron chi connectivity index (χ2n) is 7.99. The van der Waals surface area contributed by atoms with Gasteiger partial charge in [-0.05, 0) is 48.7 Å². The summed E-state index contributed by atoms with van der Waals surface area (Å²) in [5.41, 5.74) is 2.48. The summed E-state index contributed by atoms with van der Waals surface area (Å²) in [5, 5.41) is 1.34. The molecule has 2 aliphatic heterocycles. The maximum atomic E-state index is 14.9. The summed E-state index contributed by atoms with van der Waals surface area (Å²) in [5.74, 6) is -0.533. The summed E-state index contributed by atoms with van der Waals surface area (Å²) in [6.45, 7) is 2.98. The Labute approximate surface area is 173 Å². The van der Waals surface area contributed by atoms with E-state index in [1.165, 1.54) is 6.07 Å². The quantitative estimate of drug-likeness (QED) is 0.600. The van der Waals surface area contributed by atoms with Crippen molar-refractivity contribution in [2.45, 2.75) is 12.8 Å². The Morgan fingerprint density at radius 3 is 2.66 bits per heavy atom. The highest BCUT2D eigenvalue weighted by atomic mass is 35.5. The molecule has 2 aliphatic rings. The van der Waals surface area contributed by atoms with Crippen molar-refractivity contribution in [2.24, 2.45) is 5.41 Å². The molecule has 0 aliphatic carbocycles. The van der Waals surface area contributed by atoms with Crippen LogP contribution < -0.4 is 0 Å². The highest BCUT2D eigenvalue weighted by Crippen LogP contribution is 2.40. The molecule has 29 heavy (non-hydrogen) atoms. The molecule has 1 spiro atoms. The first-order valence-electron chi connectivity index (χ1n) is 9.76. The van der Waals surface area contributed by atoms with E-state index in [2.05, 4.69) is 4.98 Å². The molecule has 2 saturated heterocycles. The fourth-order valence-corrected chi connectivity index (χ4v) is 4.58. The lowest BCUT2D eigenvalue weighted by atomic mass is 9.73. The van der Waals surface area contributed by atoms with Gasteiger partial charge in [0.05, 0.1) is 10.5 Å². The second kappa shape index (κ2) is 7.08. The van der Waals surface area contributed by atoms with Gasteiger partial charge in [0.2, 0.25) is 0 Å². The van der Waals surface area contributed by atoms with Gasteiger partial charge in [0, 0.05) is 54.4 Å². The molecule has 3 aromatic rings. The summed E-state index contributed by atoms with van der Waals surface area (Å²) in [6, 6.07) is 11.9. The van der Waals surface area contributed by atoms with E-state index >= 15 is 0 Å². The molecule has 148 valence electrons. The Morgan fingerprint density at radius 2 is 1.90 bits per heavy atom. The minimum absolute atomic E-state index is 0.113. The minimum Gasteiger partial charge on any atom is -0.381 e. The fraction of sp³-hybridized carbons (Fsp3) is 0.304. The molecule has 0 unspecified atom stereocenters. The van der Waals surface area contributed by atoms with Gasteiger partial charge in [-0.2, -0.15) is 0 Å². The maximum absolute atomic E-state index is 14.9. The van der Waals surface area contributed by atoms with E-state index in [9.17, 15) is 9.18 Å². The molecule has 0 radical (unpaired) electrons. The third kappa shape index (κ3) is 3.28. The van der Waals surface area contributed by atoms with Crippen LogP contribution >= 0.6 is 11.6 Å². The van der Waals surface area contributed by atoms with E-state index in [1.807, 2.05) is 18.2 Å². The molecule has 1 amide bonds. The standard InChI is InChI=1S/C23H20ClFN2O2/c24-19-5-8-26-21-4-2-15(11-18(19)21)17-3-1-16(12-20(17)25)22(28)27-13-23(14-27)6-9-29-10-7-23/h1-5,8,11-12H,6-7,9-10,13-14H2. The van der Waals surface area contributed by atoms with Gasteiger partial charge in [0.1, 0.15) is 5.82 Å². The minimum atomic E-state index is -0.420. The van der Waals surface area contributed by atoms with Gasteiger partial charge in [0.15, 0.2) is 0 Å². The number of ether oxygens (including phenoxy) is 1. The zero-order valence-electron chi connectivity index (χ0n) is 15.8. The summed E-state index contributed by atoms with van der Waals surface area (Å²) >= 11 is 6.25. The Hall–Kier alpha value is -2.50. The molecule has 3 heterocycles. The van der Waals surface area contributed by atoms with Crippen LogP contribution in [0.2, 0.25) is 5.02 Å². The highest BCUT2D eigenvalue weighted by molar-refractivity contribution is 6.35. The predicted octanol–water partition coefficient (Wildman–Crippen LogP) is 4.95. The van der Waals surface area contributed by atoms with Crippen LogP contribution in [0.15, 0.2) is 48.7 Å². The van der Waals surface area contributed by atoms with E-state index in [0.29, 0.717) is 21.7 Å². The van der Waals surface area contributed by atoms with Gasteiger partial charge in [0.25, 0.3) is 5.91 Å². The van der Waals surface area contributed by atoms with E-state index in [0.717, 1.165) is 50.0 Å². The first kappa shape index (κ1) is 18.5. The first-order chi connectivity index (χ1) is 14.0. The number of amides is 1. The van der Waals surface area contributed by atoms with Crippen LogP contribution in [-0.4, -0.2) is 42.1 Å². The molecule has 4 nitrogen and oxygen atoms in total. The lowest BCUT2D eigenvalue weighted by molar-refractivity contribution is -0.0666. The van der Waals surface area contributed by atoms with Crippen LogP contribution in [0.3, 0.4) is 0 Å². The number of fused-ring (bicyclic) bond motifs is 1. The molecule has 6 heteroatoms. The summed E-state index contributed by atoms with van der Waals surface area (Å²) in [6.07, 6.45) is 3.62. The largest absolute Gasteiger partial charge is 0.381 e. The molecule has 0 bridgehead atoms. The highest BCUT2D eigenvalue weighted by Gasteiger charge is 2.45. The number of hydrogen-bond acceptors (Lipinski definition) is 3. The Bertz CT molecular complexity index is 1100. The third-order valence-corrected chi connectivity index (χ3v) is 6.44. The van der Waals surface area contributed by atoms with Gasteiger partial charge in [-0.1, -0.05) is 23.7 Å². The van der Waals surface area contributed by atoms with Crippen molar-refractivity contribution in [3.8, 4) is 11.1 Å². The third-order valence-electron chi connectivity index (χ3n) is 6.11. The molecule has 0 N–H and O–H groups in total. The molecule has 5 rings (SSSR count). The molecular formula is C23H20ClFN2O2. The molecule has 2 aromatic carbocycles. The van der Waals surface area contributed by atoms with Gasteiger partial charge in [-0.3, -0.25) is 9.78 Å². The number of carbonyl (C=O) groups is 1. The van der Waals surface area contributed by atoms with E-state index in [-0.39, 0.29) is 11.3 Å². The number of carbonyl (C=O) groups excluding carboxylic acids is 1. The Balaban J connectivity index is 1.38. The second-order valence-corrected chi connectivity index (χ2v) is 8.40. The number of halogens is 2. The van der Waals surface area contributed by atoms with Crippen molar-refractivity contribution in [3.05, 3.63) is 65.1 Å². The average molecular weight is 411 g/mol. The first-order valence-corrected chi connectivity index (χ1v) is 10.1. The van der Waals surface area contributed by atoms with Crippen molar-refractivity contribution in [1.29, 1.82) is 0 Å². The van der Waals surface area contributed by atoms with Crippen molar-refractivity contribution in [3.63, 3.8) is 0 Å². The van der Waals surface area contributed by atoms with Gasteiger partial charge < -0.3 is 9.64 Å². The number of pyridine rings is 1. The maximum Gasteiger partial charge on any atom is 0.253 e. The zero-order chi connectivity index (χ0) is 20.0. The smallest absolute Gasteiger partial charge is 0.253 e. The van der Waals surface area contributed by atoms with E-state index in [1.54, 1.807) is 29.3 Å². The fourth-order valence-electron chi connectivity index (χ4n) is 4.37. The normalized spacial score (nSPS) is 18.1. The number of rotatable bonds is 2. The summed E-state index contributed by atoms with van der Waals surface area (Å²) in [4.78, 5) is 18.9. The molecule has 0 saturated carbocycles. The van der Waals surface area contributed by atoms with Crippen LogP contribution in [0.4, 0.5) is 4.39 Å². The van der Waals surface area contributed by atoms with Crippen LogP contribution in [0.5, 0.6) is 0 Å². The van der Waals surface area contributed by atoms with Crippen LogP contribution in [-0.2, 0) is 4.74 Å². The summed E-state index contributed by atoms with van der Waals surface area (Å²) < 4.78 is 20.3. The molecule has 2 fully saturated rings. The van der Waals surface area contributed by atoms with Gasteiger partial charge in [-0.25, -0.2) is 4.39 Å². The van der Waals surface area contributed by atoms with E-state index in [4.69, 9.17) is 16.3 Å². The lowest BCUT2D eigenvalue weighted by Gasteiger charge is -2.52. The van der Waals surface area contributed by atoms with Crippen molar-refractivity contribution in [2.75, 3.05) is 26.3 Å². The molecule has 1 aromatic heterocycles. The van der Waals surface area contributed by atoms with Gasteiger partial charge in [-0.15, -0.1) is 0 Å². The van der Waals surface area contributed by atoms with Gasteiger partial charge >= 0.3 is 0 Å². The number of benzene rings is 2. The Kier molecular flexibility index (Phi) is 4.52. The number of likely N-dealkylation sites (tertiary alicyclic amines) is 1. The van der Waals surface area contributed by atoms with Crippen LogP contribution in [0.25, 0.3) is 22.0 Å². The monoisotopic (exact) mass is 410 g/mol. The van der Waals surface area contributed by atoms with Crippen molar-refractivity contribution < 1.29 is 13.9 Å². The van der Waals surface area contributed by atoms with E-state index < -0.39 is 5.82 Å². The van der Waals surface area contributed by atoms with Crippen molar-refractivity contribution >= 4 is 28.4 Å².